The van der Waals surface area contributed by atoms with Gasteiger partial charge < -0.3 is 11.1 Å². The third-order valence-electron chi connectivity index (χ3n) is 5.32. The van der Waals surface area contributed by atoms with Crippen LogP contribution in [-0.4, -0.2) is 26.8 Å². The zero-order valence-electron chi connectivity index (χ0n) is 18.8. The van der Waals surface area contributed by atoms with Crippen molar-refractivity contribution in [2.75, 3.05) is 16.2 Å². The topological polar surface area (TPSA) is 110 Å². The highest BCUT2D eigenvalue weighted by molar-refractivity contribution is 7.92. The Kier molecular flexibility index (Phi) is 6.99. The predicted molar refractivity (Wildman–Crippen MR) is 139 cm³/mol. The van der Waals surface area contributed by atoms with Crippen LogP contribution in [-0.2, 0) is 10.0 Å². The van der Waals surface area contributed by atoms with E-state index in [2.05, 4.69) is 5.32 Å². The largest absolute Gasteiger partial charge is 0.366 e. The van der Waals surface area contributed by atoms with Crippen LogP contribution in [0.4, 0.5) is 10.7 Å². The number of benzene rings is 3. The summed E-state index contributed by atoms with van der Waals surface area (Å²) in [7, 11) is -3.81. The molecule has 0 aliphatic carbocycles. The number of carbonyl (C=O) groups excluding carboxylic acids is 2. The Morgan fingerprint density at radius 1 is 0.914 bits per heavy atom. The van der Waals surface area contributed by atoms with Gasteiger partial charge in [0.2, 0.25) is 0 Å². The second-order valence-electron chi connectivity index (χ2n) is 7.57. The number of primary amides is 1. The highest BCUT2D eigenvalue weighted by Gasteiger charge is 2.24. The minimum absolute atomic E-state index is 0.0695. The maximum atomic E-state index is 13.2. The number of nitrogens with one attached hydrogen (secondary N) is 1. The summed E-state index contributed by atoms with van der Waals surface area (Å²) >= 11 is 1.24. The zero-order chi connectivity index (χ0) is 25.0. The van der Waals surface area contributed by atoms with Gasteiger partial charge in [0, 0.05) is 17.0 Å². The molecule has 0 bridgehead atoms. The maximum Gasteiger partial charge on any atom is 0.264 e. The fourth-order valence-corrected chi connectivity index (χ4v) is 6.12. The fourth-order valence-electron chi connectivity index (χ4n) is 3.58. The summed E-state index contributed by atoms with van der Waals surface area (Å²) in [5, 5.41) is 3.07. The van der Waals surface area contributed by atoms with Crippen LogP contribution in [0.3, 0.4) is 0 Å². The van der Waals surface area contributed by atoms with Crippen LogP contribution in [0.5, 0.6) is 0 Å². The van der Waals surface area contributed by atoms with Gasteiger partial charge >= 0.3 is 0 Å². The molecule has 0 saturated carbocycles. The van der Waals surface area contributed by atoms with Gasteiger partial charge in [-0.1, -0.05) is 48.5 Å². The third kappa shape index (κ3) is 5.11. The molecule has 1 heterocycles. The van der Waals surface area contributed by atoms with Gasteiger partial charge in [-0.15, -0.1) is 11.3 Å². The quantitative estimate of drug-likeness (QED) is 0.352. The molecule has 4 aromatic rings. The van der Waals surface area contributed by atoms with Gasteiger partial charge in [-0.2, -0.15) is 0 Å². The number of hydrogen-bond donors (Lipinski definition) is 2. The van der Waals surface area contributed by atoms with Crippen LogP contribution in [0.2, 0.25) is 0 Å². The van der Waals surface area contributed by atoms with E-state index in [0.717, 1.165) is 10.4 Å². The van der Waals surface area contributed by atoms with Crippen LogP contribution in [0.1, 0.15) is 27.6 Å². The molecule has 1 aromatic heterocycles. The Morgan fingerprint density at radius 2 is 1.51 bits per heavy atom. The number of rotatable bonds is 8. The molecule has 3 N–H and O–H groups in total. The smallest absolute Gasteiger partial charge is 0.264 e. The van der Waals surface area contributed by atoms with E-state index in [1.54, 1.807) is 37.3 Å². The average Bonchev–Trinajstić information content (AvgIpc) is 3.30. The molecule has 7 nitrogen and oxygen atoms in total. The van der Waals surface area contributed by atoms with Gasteiger partial charge in [0.15, 0.2) is 0 Å². The predicted octanol–water partition coefficient (Wildman–Crippen LogP) is 4.98. The monoisotopic (exact) mass is 505 g/mol. The lowest BCUT2D eigenvalue weighted by molar-refractivity contribution is 0.100. The lowest BCUT2D eigenvalue weighted by atomic mass is 10.1. The zero-order valence-corrected chi connectivity index (χ0v) is 20.5. The van der Waals surface area contributed by atoms with Crippen molar-refractivity contribution in [3.8, 4) is 10.4 Å². The van der Waals surface area contributed by atoms with Crippen LogP contribution >= 0.6 is 11.3 Å². The number of amides is 2. The highest BCUT2D eigenvalue weighted by Crippen LogP contribution is 2.35. The Hall–Kier alpha value is -3.95. The van der Waals surface area contributed by atoms with E-state index in [4.69, 9.17) is 5.73 Å². The summed E-state index contributed by atoms with van der Waals surface area (Å²) in [5.41, 5.74) is 7.44. The van der Waals surface area contributed by atoms with Gasteiger partial charge in [-0.25, -0.2) is 8.42 Å². The molecule has 2 amide bonds. The number of hydrogen-bond acceptors (Lipinski definition) is 5. The minimum Gasteiger partial charge on any atom is -0.366 e. The number of para-hydroxylation sites is 1. The van der Waals surface area contributed by atoms with Gasteiger partial charge in [0.05, 0.1) is 16.1 Å². The highest BCUT2D eigenvalue weighted by atomic mass is 32.2. The molecule has 0 spiro atoms. The summed E-state index contributed by atoms with van der Waals surface area (Å²) in [4.78, 5) is 25.7. The Morgan fingerprint density at radius 3 is 2.09 bits per heavy atom. The van der Waals surface area contributed by atoms with Crippen molar-refractivity contribution in [1.82, 2.24) is 0 Å². The summed E-state index contributed by atoms with van der Waals surface area (Å²) in [6, 6.07) is 25.6. The first kappa shape index (κ1) is 24.2. The SMILES string of the molecule is CCN(c1ccccc1)S(=O)(=O)c1ccc(C(=O)Nc2sc(-c3ccccc3)cc2C(N)=O)cc1. The number of anilines is 2. The summed E-state index contributed by atoms with van der Waals surface area (Å²) in [6.45, 7) is 2.01. The number of thiophene rings is 1. The molecule has 178 valence electrons. The molecule has 0 radical (unpaired) electrons. The molecule has 0 fully saturated rings. The van der Waals surface area contributed by atoms with E-state index >= 15 is 0 Å². The lowest BCUT2D eigenvalue weighted by Crippen LogP contribution is -2.30. The van der Waals surface area contributed by atoms with Crippen molar-refractivity contribution < 1.29 is 18.0 Å². The van der Waals surface area contributed by atoms with E-state index in [1.807, 2.05) is 36.4 Å². The first-order chi connectivity index (χ1) is 16.8. The maximum absolute atomic E-state index is 13.2. The van der Waals surface area contributed by atoms with Crippen molar-refractivity contribution in [2.45, 2.75) is 11.8 Å². The van der Waals surface area contributed by atoms with Crippen molar-refractivity contribution in [1.29, 1.82) is 0 Å². The van der Waals surface area contributed by atoms with E-state index in [-0.39, 0.29) is 22.6 Å². The van der Waals surface area contributed by atoms with Crippen LogP contribution < -0.4 is 15.4 Å². The summed E-state index contributed by atoms with van der Waals surface area (Å²) < 4.78 is 27.6. The van der Waals surface area contributed by atoms with Crippen LogP contribution in [0, 0.1) is 0 Å². The van der Waals surface area contributed by atoms with Crippen molar-refractivity contribution in [3.63, 3.8) is 0 Å². The van der Waals surface area contributed by atoms with Gasteiger partial charge in [-0.05, 0) is 55.0 Å². The summed E-state index contributed by atoms with van der Waals surface area (Å²) in [5.74, 6) is -1.13. The molecular weight excluding hydrogens is 482 g/mol. The summed E-state index contributed by atoms with van der Waals surface area (Å²) in [6.07, 6.45) is 0. The minimum atomic E-state index is -3.81. The van der Waals surface area contributed by atoms with Crippen LogP contribution in [0.15, 0.2) is 95.9 Å². The van der Waals surface area contributed by atoms with Crippen molar-refractivity contribution in [3.05, 3.63) is 102 Å². The first-order valence-electron chi connectivity index (χ1n) is 10.8. The molecule has 0 saturated heterocycles. The van der Waals surface area contributed by atoms with Crippen LogP contribution in [0.25, 0.3) is 10.4 Å². The number of nitrogens with two attached hydrogens (primary N) is 1. The molecule has 4 rings (SSSR count). The molecule has 0 aliphatic rings. The fraction of sp³-hybridized carbons (Fsp3) is 0.0769. The van der Waals surface area contributed by atoms with Gasteiger partial charge in [0.25, 0.3) is 21.8 Å². The average molecular weight is 506 g/mol. The molecule has 35 heavy (non-hydrogen) atoms. The number of sulfonamides is 1. The Balaban J connectivity index is 1.57. The van der Waals surface area contributed by atoms with Crippen molar-refractivity contribution in [2.24, 2.45) is 5.73 Å². The van der Waals surface area contributed by atoms with Gasteiger partial charge in [-0.3, -0.25) is 13.9 Å². The molecule has 0 aliphatic heterocycles. The van der Waals surface area contributed by atoms with Crippen molar-refractivity contribution >= 4 is 43.9 Å². The van der Waals surface area contributed by atoms with E-state index in [1.165, 1.54) is 39.9 Å². The Labute approximate surface area is 207 Å². The van der Waals surface area contributed by atoms with E-state index < -0.39 is 21.8 Å². The second kappa shape index (κ2) is 10.1. The second-order valence-corrected chi connectivity index (χ2v) is 10.5. The van der Waals surface area contributed by atoms with E-state index in [9.17, 15) is 18.0 Å². The van der Waals surface area contributed by atoms with E-state index in [0.29, 0.717) is 10.7 Å². The molecular formula is C26H23N3O4S2. The number of carbonyl (C=O) groups is 2. The first-order valence-corrected chi connectivity index (χ1v) is 13.0. The normalized spacial score (nSPS) is 11.1. The molecule has 3 aromatic carbocycles. The number of nitrogens with zero attached hydrogens (tertiary/aromatic N) is 1. The standard InChI is InChI=1S/C26H23N3O4S2/c1-2-29(20-11-7-4-8-12-20)35(32,33)21-15-13-19(14-16-21)25(31)28-26-22(24(27)30)17-23(34-26)18-9-5-3-6-10-18/h3-17H,2H2,1H3,(H2,27,30)(H,28,31). The van der Waals surface area contributed by atoms with Gasteiger partial charge in [0.1, 0.15) is 5.00 Å². The molecule has 9 heteroatoms. The third-order valence-corrected chi connectivity index (χ3v) is 8.34. The molecule has 0 unspecified atom stereocenters. The lowest BCUT2D eigenvalue weighted by Gasteiger charge is -2.23. The Bertz CT molecular complexity index is 1450. The molecule has 0 atom stereocenters.